The average Bonchev–Trinajstić information content (AvgIpc) is 3.43. The van der Waals surface area contributed by atoms with E-state index in [0.29, 0.717) is 19.3 Å². The van der Waals surface area contributed by atoms with Crippen LogP contribution in [0.2, 0.25) is 0 Å². The number of esters is 3. The topological polar surface area (TPSA) is 78.9 Å². The highest BCUT2D eigenvalue weighted by molar-refractivity contribution is 5.71. The lowest BCUT2D eigenvalue weighted by atomic mass is 10.0. The summed E-state index contributed by atoms with van der Waals surface area (Å²) < 4.78 is 17.0. The second-order valence-corrected chi connectivity index (χ2v) is 21.6. The van der Waals surface area contributed by atoms with E-state index in [0.717, 1.165) is 109 Å². The molecule has 1 unspecified atom stereocenters. The number of allylic oxidation sites excluding steroid dienone is 16. The van der Waals surface area contributed by atoms with Crippen molar-refractivity contribution in [3.8, 4) is 0 Å². The molecule has 0 heterocycles. The van der Waals surface area contributed by atoms with E-state index in [-0.39, 0.29) is 31.1 Å². The van der Waals surface area contributed by atoms with Gasteiger partial charge in [0, 0.05) is 19.3 Å². The van der Waals surface area contributed by atoms with Gasteiger partial charge in [-0.1, -0.05) is 279 Å². The standard InChI is InChI=1S/C71H122O6/c1-4-7-10-13-16-19-22-25-28-31-33-34-35-36-38-40-43-46-49-52-55-58-61-64-70(73)76-67-68(66-75-69(72)63-60-57-54-51-48-45-42-39-30-27-24-21-18-15-12-9-6-3)77-71(74)65-62-59-56-53-50-47-44-41-37-32-29-26-23-20-17-14-11-8-5-2/h7,9-10,12,16,18-19,21,25-30,33-34,68H,4-6,8,11,13-15,17,20,22-24,31-32,35-67H2,1-3H3/b10-7-,12-9-,19-16-,21-18-,28-25-,29-26-,30-27-,34-33-. The van der Waals surface area contributed by atoms with Crippen molar-refractivity contribution in [1.29, 1.82) is 0 Å². The molecule has 0 radical (unpaired) electrons. The van der Waals surface area contributed by atoms with Crippen molar-refractivity contribution in [3.63, 3.8) is 0 Å². The minimum Gasteiger partial charge on any atom is -0.462 e. The summed E-state index contributed by atoms with van der Waals surface area (Å²) in [6, 6.07) is 0. The molecular weight excluding hydrogens is 949 g/mol. The number of hydrogen-bond donors (Lipinski definition) is 0. The molecule has 0 aromatic carbocycles. The summed E-state index contributed by atoms with van der Waals surface area (Å²) in [6.45, 7) is 6.43. The molecule has 77 heavy (non-hydrogen) atoms. The van der Waals surface area contributed by atoms with Crippen molar-refractivity contribution in [2.45, 2.75) is 322 Å². The van der Waals surface area contributed by atoms with E-state index >= 15 is 0 Å². The molecule has 0 amide bonds. The lowest BCUT2D eigenvalue weighted by Gasteiger charge is -2.18. The van der Waals surface area contributed by atoms with Gasteiger partial charge in [-0.25, -0.2) is 0 Å². The van der Waals surface area contributed by atoms with Gasteiger partial charge in [0.15, 0.2) is 6.10 Å². The van der Waals surface area contributed by atoms with Crippen LogP contribution in [-0.4, -0.2) is 37.2 Å². The third-order valence-corrected chi connectivity index (χ3v) is 14.1. The maximum absolute atomic E-state index is 12.9. The number of rotatable bonds is 59. The Kier molecular flexibility index (Phi) is 61.8. The van der Waals surface area contributed by atoms with Gasteiger partial charge in [-0.2, -0.15) is 0 Å². The first-order valence-electron chi connectivity index (χ1n) is 32.7. The van der Waals surface area contributed by atoms with Crippen LogP contribution in [-0.2, 0) is 28.6 Å². The van der Waals surface area contributed by atoms with Crippen molar-refractivity contribution >= 4 is 17.9 Å². The van der Waals surface area contributed by atoms with Crippen molar-refractivity contribution < 1.29 is 28.6 Å². The fourth-order valence-electron chi connectivity index (χ4n) is 9.21. The Morgan fingerprint density at radius 1 is 0.273 bits per heavy atom. The smallest absolute Gasteiger partial charge is 0.306 e. The molecule has 0 rings (SSSR count). The maximum atomic E-state index is 12.9. The zero-order valence-corrected chi connectivity index (χ0v) is 50.7. The molecule has 0 aromatic rings. The highest BCUT2D eigenvalue weighted by Gasteiger charge is 2.19. The summed E-state index contributed by atoms with van der Waals surface area (Å²) in [4.78, 5) is 38.4. The zero-order valence-electron chi connectivity index (χ0n) is 50.7. The summed E-state index contributed by atoms with van der Waals surface area (Å²) in [5, 5.41) is 0. The monoisotopic (exact) mass is 1070 g/mol. The van der Waals surface area contributed by atoms with Gasteiger partial charge in [-0.05, 0) is 116 Å². The molecule has 0 aromatic heterocycles. The number of hydrogen-bond acceptors (Lipinski definition) is 6. The predicted octanol–water partition coefficient (Wildman–Crippen LogP) is 22.4. The van der Waals surface area contributed by atoms with Gasteiger partial charge in [-0.15, -0.1) is 0 Å². The van der Waals surface area contributed by atoms with E-state index in [1.165, 1.54) is 167 Å². The molecule has 0 aliphatic rings. The molecule has 6 heteroatoms. The van der Waals surface area contributed by atoms with Crippen LogP contribution in [0.3, 0.4) is 0 Å². The van der Waals surface area contributed by atoms with Crippen LogP contribution in [0.25, 0.3) is 0 Å². The SMILES string of the molecule is CC/C=C\C/C=C\C/C=C\C/C=C\CCCCCCCCCCCCC(=O)OCC(COC(=O)CCCCCCCCC/C=C\C/C=C\C/C=C\CC)OC(=O)CCCCCCCCCCC/C=C\CCCCCCCC. The second kappa shape index (κ2) is 64.9. The van der Waals surface area contributed by atoms with E-state index in [1.54, 1.807) is 0 Å². The highest BCUT2D eigenvalue weighted by atomic mass is 16.6. The van der Waals surface area contributed by atoms with Gasteiger partial charge >= 0.3 is 17.9 Å². The fraction of sp³-hybridized carbons (Fsp3) is 0.732. The number of carbonyl (C=O) groups is 3. The predicted molar refractivity (Wildman–Crippen MR) is 334 cm³/mol. The molecule has 0 spiro atoms. The van der Waals surface area contributed by atoms with Crippen LogP contribution in [0.15, 0.2) is 97.2 Å². The number of carbonyl (C=O) groups excluding carboxylic acids is 3. The summed E-state index contributed by atoms with van der Waals surface area (Å²) >= 11 is 0. The van der Waals surface area contributed by atoms with Crippen molar-refractivity contribution in [2.24, 2.45) is 0 Å². The van der Waals surface area contributed by atoms with Crippen LogP contribution in [0.1, 0.15) is 316 Å². The average molecular weight is 1070 g/mol. The van der Waals surface area contributed by atoms with Crippen LogP contribution < -0.4 is 0 Å². The molecule has 1 atom stereocenters. The molecule has 0 bridgehead atoms. The lowest BCUT2D eigenvalue weighted by molar-refractivity contribution is -0.167. The molecule has 0 saturated heterocycles. The van der Waals surface area contributed by atoms with E-state index in [1.807, 2.05) is 0 Å². The quantitative estimate of drug-likeness (QED) is 0.0261. The maximum Gasteiger partial charge on any atom is 0.306 e. The molecule has 0 fully saturated rings. The second-order valence-electron chi connectivity index (χ2n) is 21.6. The third-order valence-electron chi connectivity index (χ3n) is 14.1. The number of ether oxygens (including phenoxy) is 3. The van der Waals surface area contributed by atoms with Crippen LogP contribution in [0.5, 0.6) is 0 Å². The normalized spacial score (nSPS) is 12.7. The molecule has 0 aliphatic heterocycles. The molecular formula is C71H122O6. The van der Waals surface area contributed by atoms with Crippen LogP contribution in [0, 0.1) is 0 Å². The third kappa shape index (κ3) is 63.0. The Labute approximate surface area is 477 Å². The summed E-state index contributed by atoms with van der Waals surface area (Å²) in [5.41, 5.74) is 0. The van der Waals surface area contributed by atoms with Gasteiger partial charge in [0.05, 0.1) is 0 Å². The summed E-state index contributed by atoms with van der Waals surface area (Å²) in [7, 11) is 0. The largest absolute Gasteiger partial charge is 0.462 e. The zero-order chi connectivity index (χ0) is 55.7. The van der Waals surface area contributed by atoms with E-state index in [4.69, 9.17) is 14.2 Å². The van der Waals surface area contributed by atoms with E-state index < -0.39 is 6.10 Å². The number of unbranched alkanes of at least 4 members (excludes halogenated alkanes) is 32. The molecule has 0 N–H and O–H groups in total. The molecule has 6 nitrogen and oxygen atoms in total. The van der Waals surface area contributed by atoms with Crippen molar-refractivity contribution in [1.82, 2.24) is 0 Å². The van der Waals surface area contributed by atoms with Gasteiger partial charge in [-0.3, -0.25) is 14.4 Å². The van der Waals surface area contributed by atoms with Crippen molar-refractivity contribution in [2.75, 3.05) is 13.2 Å². The first kappa shape index (κ1) is 73.3. The first-order chi connectivity index (χ1) is 38.0. The Hall–Kier alpha value is -3.67. The summed E-state index contributed by atoms with van der Waals surface area (Å²) in [5.74, 6) is -0.886. The molecule has 0 saturated carbocycles. The molecule has 442 valence electrons. The van der Waals surface area contributed by atoms with Gasteiger partial charge in [0.1, 0.15) is 13.2 Å². The van der Waals surface area contributed by atoms with E-state index in [9.17, 15) is 14.4 Å². The minimum absolute atomic E-state index is 0.0828. The molecule has 0 aliphatic carbocycles. The highest BCUT2D eigenvalue weighted by Crippen LogP contribution is 2.16. The summed E-state index contributed by atoms with van der Waals surface area (Å²) in [6.07, 6.45) is 86.9. The van der Waals surface area contributed by atoms with Crippen LogP contribution in [0.4, 0.5) is 0 Å². The van der Waals surface area contributed by atoms with Crippen molar-refractivity contribution in [3.05, 3.63) is 97.2 Å². The van der Waals surface area contributed by atoms with Gasteiger partial charge in [0.2, 0.25) is 0 Å². The fourth-order valence-corrected chi connectivity index (χ4v) is 9.21. The lowest BCUT2D eigenvalue weighted by Crippen LogP contribution is -2.30. The Balaban J connectivity index is 4.38. The van der Waals surface area contributed by atoms with E-state index in [2.05, 4.69) is 118 Å². The Morgan fingerprint density at radius 3 is 0.805 bits per heavy atom. The first-order valence-corrected chi connectivity index (χ1v) is 32.7. The van der Waals surface area contributed by atoms with Crippen LogP contribution >= 0.6 is 0 Å². The minimum atomic E-state index is -0.787. The Morgan fingerprint density at radius 2 is 0.506 bits per heavy atom. The van der Waals surface area contributed by atoms with Gasteiger partial charge in [0.25, 0.3) is 0 Å². The Bertz CT molecular complexity index is 1510. The van der Waals surface area contributed by atoms with Gasteiger partial charge < -0.3 is 14.2 Å².